The van der Waals surface area contributed by atoms with Gasteiger partial charge in [0.05, 0.1) is 12.2 Å². The van der Waals surface area contributed by atoms with Gasteiger partial charge in [-0.3, -0.25) is 20.4 Å². The minimum Gasteiger partial charge on any atom is -0.273 e. The number of carbonyl (C=O) groups is 2. The van der Waals surface area contributed by atoms with Crippen molar-refractivity contribution in [3.8, 4) is 0 Å². The lowest BCUT2D eigenvalue weighted by Crippen LogP contribution is -2.43. The molecule has 0 heterocycles. The maximum atomic E-state index is 12.8. The number of aryl methyl sites for hydroxylation is 2. The fraction of sp³-hybridized carbons (Fsp3) is 0.263. The van der Waals surface area contributed by atoms with Crippen LogP contribution in [0.1, 0.15) is 23.1 Å². The van der Waals surface area contributed by atoms with Gasteiger partial charge in [-0.2, -0.15) is 0 Å². The molecule has 1 aliphatic carbocycles. The molecule has 0 radical (unpaired) electrons. The summed E-state index contributed by atoms with van der Waals surface area (Å²) in [5, 5.41) is 0. The summed E-state index contributed by atoms with van der Waals surface area (Å²) in [5.74, 6) is -0.725. The lowest BCUT2D eigenvalue weighted by atomic mass is 10.1. The lowest BCUT2D eigenvalue weighted by Gasteiger charge is -2.08. The Bertz CT molecular complexity index is 777. The molecule has 2 amide bonds. The minimum absolute atomic E-state index is 0.0819. The molecule has 0 saturated heterocycles. The molecule has 2 aromatic rings. The van der Waals surface area contributed by atoms with E-state index in [1.165, 1.54) is 41.4 Å². The number of fused-ring (bicyclic) bond motifs is 1. The fourth-order valence-electron chi connectivity index (χ4n) is 2.79. The molecule has 4 nitrogen and oxygen atoms in total. The van der Waals surface area contributed by atoms with Gasteiger partial charge in [0.25, 0.3) is 0 Å². The van der Waals surface area contributed by atoms with E-state index in [2.05, 4.69) is 23.0 Å². The number of amides is 2. The van der Waals surface area contributed by atoms with Gasteiger partial charge in [-0.1, -0.05) is 18.2 Å². The molecule has 0 atom stereocenters. The number of hydrogen-bond donors (Lipinski definition) is 2. The first kappa shape index (κ1) is 17.5. The van der Waals surface area contributed by atoms with Crippen LogP contribution in [0.15, 0.2) is 47.4 Å². The van der Waals surface area contributed by atoms with Crippen LogP contribution in [0.25, 0.3) is 0 Å². The lowest BCUT2D eigenvalue weighted by molar-refractivity contribution is -0.127. The van der Waals surface area contributed by atoms with Gasteiger partial charge < -0.3 is 0 Å². The van der Waals surface area contributed by atoms with Crippen molar-refractivity contribution in [1.29, 1.82) is 0 Å². The summed E-state index contributed by atoms with van der Waals surface area (Å²) in [7, 11) is 0. The molecule has 2 aromatic carbocycles. The van der Waals surface area contributed by atoms with E-state index in [-0.39, 0.29) is 29.8 Å². The smallest absolute Gasteiger partial charge is 0.248 e. The van der Waals surface area contributed by atoms with Crippen LogP contribution in [-0.4, -0.2) is 17.6 Å². The summed E-state index contributed by atoms with van der Waals surface area (Å²) in [6.45, 7) is 0. The van der Waals surface area contributed by atoms with Crippen molar-refractivity contribution in [2.45, 2.75) is 30.6 Å². The van der Waals surface area contributed by atoms with Gasteiger partial charge in [0.15, 0.2) is 0 Å². The Labute approximate surface area is 150 Å². The number of benzene rings is 2. The van der Waals surface area contributed by atoms with Crippen molar-refractivity contribution in [3.05, 3.63) is 65.0 Å². The second kappa shape index (κ2) is 8.16. The molecule has 0 aromatic heterocycles. The zero-order valence-corrected chi connectivity index (χ0v) is 14.5. The molecule has 0 bridgehead atoms. The summed E-state index contributed by atoms with van der Waals surface area (Å²) in [6.07, 6.45) is 3.53. The predicted molar refractivity (Wildman–Crippen MR) is 95.6 cm³/mol. The van der Waals surface area contributed by atoms with Crippen LogP contribution in [-0.2, 0) is 28.9 Å². The third-order valence-electron chi connectivity index (χ3n) is 4.06. The molecule has 0 spiro atoms. The number of nitrogens with one attached hydrogen (secondary N) is 2. The Kier molecular flexibility index (Phi) is 5.71. The molecule has 2 N–H and O–H groups in total. The first-order valence-corrected chi connectivity index (χ1v) is 9.15. The van der Waals surface area contributed by atoms with Crippen LogP contribution in [0.5, 0.6) is 0 Å². The van der Waals surface area contributed by atoms with E-state index in [9.17, 15) is 14.0 Å². The Hall–Kier alpha value is -2.34. The largest absolute Gasteiger partial charge is 0.273 e. The molecule has 130 valence electrons. The van der Waals surface area contributed by atoms with E-state index in [1.807, 2.05) is 6.07 Å². The second-order valence-electron chi connectivity index (χ2n) is 5.97. The quantitative estimate of drug-likeness (QED) is 0.638. The van der Waals surface area contributed by atoms with Crippen LogP contribution in [0.4, 0.5) is 4.39 Å². The van der Waals surface area contributed by atoms with Gasteiger partial charge in [-0.25, -0.2) is 4.39 Å². The topological polar surface area (TPSA) is 58.2 Å². The monoisotopic (exact) mass is 358 g/mol. The highest BCUT2D eigenvalue weighted by molar-refractivity contribution is 8.00. The van der Waals surface area contributed by atoms with Crippen LogP contribution >= 0.6 is 11.8 Å². The van der Waals surface area contributed by atoms with Crippen LogP contribution in [0.3, 0.4) is 0 Å². The highest BCUT2D eigenvalue weighted by Gasteiger charge is 2.12. The highest BCUT2D eigenvalue weighted by Crippen LogP contribution is 2.27. The molecule has 0 saturated carbocycles. The molecule has 0 aliphatic heterocycles. The number of rotatable bonds is 5. The van der Waals surface area contributed by atoms with Crippen LogP contribution in [0.2, 0.25) is 0 Å². The third-order valence-corrected chi connectivity index (χ3v) is 5.05. The number of hydrogen-bond acceptors (Lipinski definition) is 3. The van der Waals surface area contributed by atoms with E-state index >= 15 is 0 Å². The Morgan fingerprint density at radius 1 is 0.960 bits per heavy atom. The maximum Gasteiger partial charge on any atom is 0.248 e. The number of hydrazine groups is 1. The SMILES string of the molecule is O=C(CSc1ccc2c(c1)CCC2)NNC(=O)Cc1ccc(F)cc1. The molecule has 0 unspecified atom stereocenters. The number of thioether (sulfide) groups is 1. The molecular weight excluding hydrogens is 339 g/mol. The van der Waals surface area contributed by atoms with Gasteiger partial charge in [-0.05, 0) is 60.2 Å². The molecule has 3 rings (SSSR count). The number of carbonyl (C=O) groups excluding carboxylic acids is 2. The van der Waals surface area contributed by atoms with E-state index in [4.69, 9.17) is 0 Å². The van der Waals surface area contributed by atoms with E-state index in [0.717, 1.165) is 17.7 Å². The summed E-state index contributed by atoms with van der Waals surface area (Å²) >= 11 is 1.45. The third kappa shape index (κ3) is 5.06. The molecule has 1 aliphatic rings. The Balaban J connectivity index is 1.40. The summed E-state index contributed by atoms with van der Waals surface area (Å²) in [6, 6.07) is 12.0. The van der Waals surface area contributed by atoms with E-state index in [1.54, 1.807) is 12.1 Å². The van der Waals surface area contributed by atoms with Gasteiger partial charge in [0.1, 0.15) is 5.82 Å². The second-order valence-corrected chi connectivity index (χ2v) is 7.02. The zero-order valence-electron chi connectivity index (χ0n) is 13.7. The first-order valence-electron chi connectivity index (χ1n) is 8.17. The van der Waals surface area contributed by atoms with Crippen molar-refractivity contribution in [2.75, 3.05) is 5.75 Å². The number of halogens is 1. The molecule has 25 heavy (non-hydrogen) atoms. The van der Waals surface area contributed by atoms with Crippen molar-refractivity contribution in [1.82, 2.24) is 10.9 Å². The van der Waals surface area contributed by atoms with Crippen LogP contribution in [0, 0.1) is 5.82 Å². The average Bonchev–Trinajstić information content (AvgIpc) is 3.08. The average molecular weight is 358 g/mol. The van der Waals surface area contributed by atoms with Gasteiger partial charge in [0, 0.05) is 4.90 Å². The van der Waals surface area contributed by atoms with Gasteiger partial charge in [-0.15, -0.1) is 11.8 Å². The predicted octanol–water partition coefficient (Wildman–Crippen LogP) is 2.80. The summed E-state index contributed by atoms with van der Waals surface area (Å²) < 4.78 is 12.8. The van der Waals surface area contributed by atoms with Crippen molar-refractivity contribution < 1.29 is 14.0 Å². The summed E-state index contributed by atoms with van der Waals surface area (Å²) in [4.78, 5) is 24.7. The standard InChI is InChI=1S/C19H19FN2O2S/c20-16-7-4-13(5-8-16)10-18(23)21-22-19(24)12-25-17-9-6-14-2-1-3-15(14)11-17/h4-9,11H,1-3,10,12H2,(H,21,23)(H,22,24). The molecule has 6 heteroatoms. The van der Waals surface area contributed by atoms with E-state index in [0.29, 0.717) is 5.56 Å². The first-order chi connectivity index (χ1) is 12.1. The highest BCUT2D eigenvalue weighted by atomic mass is 32.2. The molecular formula is C19H19FN2O2S. The zero-order chi connectivity index (χ0) is 17.6. The van der Waals surface area contributed by atoms with Crippen molar-refractivity contribution in [3.63, 3.8) is 0 Å². The fourth-order valence-corrected chi connectivity index (χ4v) is 3.55. The molecule has 0 fully saturated rings. The normalized spacial score (nSPS) is 12.5. The Morgan fingerprint density at radius 3 is 2.48 bits per heavy atom. The Morgan fingerprint density at radius 2 is 1.68 bits per heavy atom. The van der Waals surface area contributed by atoms with Crippen molar-refractivity contribution in [2.24, 2.45) is 0 Å². The summed E-state index contributed by atoms with van der Waals surface area (Å²) in [5.41, 5.74) is 8.24. The van der Waals surface area contributed by atoms with Crippen LogP contribution < -0.4 is 10.9 Å². The van der Waals surface area contributed by atoms with Gasteiger partial charge >= 0.3 is 0 Å². The minimum atomic E-state index is -0.346. The maximum absolute atomic E-state index is 12.8. The van der Waals surface area contributed by atoms with Gasteiger partial charge in [0.2, 0.25) is 11.8 Å². The van der Waals surface area contributed by atoms with E-state index < -0.39 is 0 Å². The van der Waals surface area contributed by atoms with Crippen molar-refractivity contribution >= 4 is 23.6 Å².